The summed E-state index contributed by atoms with van der Waals surface area (Å²) < 4.78 is 13.1. The van der Waals surface area contributed by atoms with Crippen LogP contribution in [0.3, 0.4) is 0 Å². The first kappa shape index (κ1) is 14.3. The largest absolute Gasteiger partial charge is 0.312 e. The van der Waals surface area contributed by atoms with Crippen LogP contribution < -0.4 is 5.32 Å². The van der Waals surface area contributed by atoms with Gasteiger partial charge in [0.2, 0.25) is 0 Å². The second-order valence-corrected chi connectivity index (χ2v) is 5.20. The summed E-state index contributed by atoms with van der Waals surface area (Å²) in [5, 5.41) is 4.43. The maximum Gasteiger partial charge on any atom is 0.125 e. The van der Waals surface area contributed by atoms with Gasteiger partial charge in [-0.25, -0.2) is 4.39 Å². The number of hydrogen-bond acceptors (Lipinski definition) is 1. The van der Waals surface area contributed by atoms with Crippen LogP contribution in [0.1, 0.15) is 11.1 Å². The summed E-state index contributed by atoms with van der Waals surface area (Å²) in [5.74, 6) is -0.304. The lowest BCUT2D eigenvalue weighted by Crippen LogP contribution is -2.16. The standard InChI is InChI=1S/C15H14Cl2FN/c16-13-3-1-11(2-4-13)5-6-19-10-12-7-14(17)9-15(18)8-12/h1-4,7-9,19H,5-6,10H2. The normalized spacial score (nSPS) is 10.7. The molecule has 0 amide bonds. The van der Waals surface area contributed by atoms with Crippen molar-refractivity contribution in [2.75, 3.05) is 6.54 Å². The van der Waals surface area contributed by atoms with Crippen LogP contribution in [0.15, 0.2) is 42.5 Å². The molecule has 1 N–H and O–H groups in total. The quantitative estimate of drug-likeness (QED) is 0.803. The average Bonchev–Trinajstić information content (AvgIpc) is 2.36. The molecule has 100 valence electrons. The van der Waals surface area contributed by atoms with E-state index < -0.39 is 0 Å². The summed E-state index contributed by atoms with van der Waals surface area (Å²) in [4.78, 5) is 0. The predicted octanol–water partition coefficient (Wildman–Crippen LogP) is 4.46. The molecule has 0 atom stereocenters. The Labute approximate surface area is 122 Å². The van der Waals surface area contributed by atoms with Gasteiger partial charge in [-0.15, -0.1) is 0 Å². The zero-order chi connectivity index (χ0) is 13.7. The smallest absolute Gasteiger partial charge is 0.125 e. The lowest BCUT2D eigenvalue weighted by Gasteiger charge is -2.06. The van der Waals surface area contributed by atoms with Gasteiger partial charge in [-0.3, -0.25) is 0 Å². The van der Waals surface area contributed by atoms with E-state index in [1.807, 2.05) is 24.3 Å². The van der Waals surface area contributed by atoms with Crippen molar-refractivity contribution in [2.24, 2.45) is 0 Å². The van der Waals surface area contributed by atoms with Gasteiger partial charge in [0, 0.05) is 16.6 Å². The molecule has 2 aromatic rings. The molecule has 0 aliphatic rings. The van der Waals surface area contributed by atoms with Crippen LogP contribution >= 0.6 is 23.2 Å². The Balaban J connectivity index is 1.79. The monoisotopic (exact) mass is 297 g/mol. The van der Waals surface area contributed by atoms with E-state index in [2.05, 4.69) is 5.32 Å². The summed E-state index contributed by atoms with van der Waals surface area (Å²) in [7, 11) is 0. The summed E-state index contributed by atoms with van der Waals surface area (Å²) >= 11 is 11.6. The Hall–Kier alpha value is -1.09. The minimum atomic E-state index is -0.304. The van der Waals surface area contributed by atoms with Crippen LogP contribution in [0.2, 0.25) is 10.0 Å². The molecule has 0 saturated heterocycles. The van der Waals surface area contributed by atoms with Crippen LogP contribution in [0, 0.1) is 5.82 Å². The van der Waals surface area contributed by atoms with Crippen molar-refractivity contribution in [1.29, 1.82) is 0 Å². The molecule has 0 aliphatic heterocycles. The summed E-state index contributed by atoms with van der Waals surface area (Å²) in [6.07, 6.45) is 0.903. The number of hydrogen-bond donors (Lipinski definition) is 1. The molecule has 0 aromatic heterocycles. The fourth-order valence-corrected chi connectivity index (χ4v) is 2.20. The molecule has 4 heteroatoms. The Morgan fingerprint density at radius 2 is 1.63 bits per heavy atom. The fraction of sp³-hybridized carbons (Fsp3) is 0.200. The second-order valence-electron chi connectivity index (χ2n) is 4.33. The van der Waals surface area contributed by atoms with Crippen molar-refractivity contribution < 1.29 is 4.39 Å². The first-order valence-electron chi connectivity index (χ1n) is 6.03. The average molecular weight is 298 g/mol. The van der Waals surface area contributed by atoms with Crippen molar-refractivity contribution in [3.63, 3.8) is 0 Å². The van der Waals surface area contributed by atoms with Crippen LogP contribution in [-0.4, -0.2) is 6.54 Å². The molecule has 19 heavy (non-hydrogen) atoms. The molecule has 2 rings (SSSR count). The number of nitrogens with one attached hydrogen (secondary N) is 1. The molecule has 0 fully saturated rings. The molecular weight excluding hydrogens is 284 g/mol. The lowest BCUT2D eigenvalue weighted by molar-refractivity contribution is 0.620. The number of halogens is 3. The van der Waals surface area contributed by atoms with Crippen LogP contribution in [-0.2, 0) is 13.0 Å². The second kappa shape index (κ2) is 6.90. The minimum absolute atomic E-state index is 0.304. The molecule has 0 radical (unpaired) electrons. The van der Waals surface area contributed by atoms with Gasteiger partial charge in [0.25, 0.3) is 0 Å². The van der Waals surface area contributed by atoms with Gasteiger partial charge in [-0.2, -0.15) is 0 Å². The molecule has 0 heterocycles. The summed E-state index contributed by atoms with van der Waals surface area (Å²) in [6.45, 7) is 1.42. The maximum atomic E-state index is 13.1. The highest BCUT2D eigenvalue weighted by molar-refractivity contribution is 6.30. The third-order valence-corrected chi connectivity index (χ3v) is 3.23. The van der Waals surface area contributed by atoms with Crippen molar-refractivity contribution >= 4 is 23.2 Å². The molecule has 1 nitrogen and oxygen atoms in total. The van der Waals surface area contributed by atoms with E-state index in [0.717, 1.165) is 23.6 Å². The molecule has 0 saturated carbocycles. The zero-order valence-corrected chi connectivity index (χ0v) is 11.8. The molecule has 0 unspecified atom stereocenters. The van der Waals surface area contributed by atoms with Gasteiger partial charge in [0.05, 0.1) is 0 Å². The van der Waals surface area contributed by atoms with E-state index >= 15 is 0 Å². The van der Waals surface area contributed by atoms with Crippen molar-refractivity contribution in [1.82, 2.24) is 5.32 Å². The Bertz CT molecular complexity index is 520. The van der Waals surface area contributed by atoms with Crippen molar-refractivity contribution in [3.05, 3.63) is 69.5 Å². The van der Waals surface area contributed by atoms with Gasteiger partial charge in [0.1, 0.15) is 5.82 Å². The van der Waals surface area contributed by atoms with E-state index in [9.17, 15) is 4.39 Å². The molecule has 0 bridgehead atoms. The highest BCUT2D eigenvalue weighted by Crippen LogP contribution is 2.14. The van der Waals surface area contributed by atoms with E-state index in [4.69, 9.17) is 23.2 Å². The highest BCUT2D eigenvalue weighted by Gasteiger charge is 1.99. The minimum Gasteiger partial charge on any atom is -0.312 e. The first-order valence-corrected chi connectivity index (χ1v) is 6.79. The molecular formula is C15H14Cl2FN. The zero-order valence-electron chi connectivity index (χ0n) is 10.3. The lowest BCUT2D eigenvalue weighted by atomic mass is 10.1. The Morgan fingerprint density at radius 1 is 0.895 bits per heavy atom. The highest BCUT2D eigenvalue weighted by atomic mass is 35.5. The van der Waals surface area contributed by atoms with Gasteiger partial charge in [0.15, 0.2) is 0 Å². The van der Waals surface area contributed by atoms with Gasteiger partial charge < -0.3 is 5.32 Å². The summed E-state index contributed by atoms with van der Waals surface area (Å²) in [5.41, 5.74) is 2.07. The fourth-order valence-electron chi connectivity index (χ4n) is 1.83. The van der Waals surface area contributed by atoms with Gasteiger partial charge >= 0.3 is 0 Å². The topological polar surface area (TPSA) is 12.0 Å². The Kier molecular flexibility index (Phi) is 5.20. The van der Waals surface area contributed by atoms with E-state index in [-0.39, 0.29) is 5.82 Å². The maximum absolute atomic E-state index is 13.1. The van der Waals surface area contributed by atoms with Gasteiger partial charge in [-0.05, 0) is 54.4 Å². The van der Waals surface area contributed by atoms with E-state index in [0.29, 0.717) is 11.6 Å². The van der Waals surface area contributed by atoms with Gasteiger partial charge in [-0.1, -0.05) is 35.3 Å². The van der Waals surface area contributed by atoms with Crippen LogP contribution in [0.5, 0.6) is 0 Å². The summed E-state index contributed by atoms with van der Waals surface area (Å²) in [6, 6.07) is 12.3. The predicted molar refractivity (Wildman–Crippen MR) is 78.3 cm³/mol. The molecule has 0 spiro atoms. The van der Waals surface area contributed by atoms with Crippen LogP contribution in [0.25, 0.3) is 0 Å². The van der Waals surface area contributed by atoms with Crippen LogP contribution in [0.4, 0.5) is 4.39 Å². The van der Waals surface area contributed by atoms with E-state index in [1.54, 1.807) is 6.07 Å². The van der Waals surface area contributed by atoms with Crippen molar-refractivity contribution in [2.45, 2.75) is 13.0 Å². The molecule has 0 aliphatic carbocycles. The SMILES string of the molecule is Fc1cc(Cl)cc(CNCCc2ccc(Cl)cc2)c1. The third-order valence-electron chi connectivity index (χ3n) is 2.76. The third kappa shape index (κ3) is 4.83. The van der Waals surface area contributed by atoms with Crippen molar-refractivity contribution in [3.8, 4) is 0 Å². The van der Waals surface area contributed by atoms with E-state index in [1.165, 1.54) is 17.7 Å². The number of rotatable bonds is 5. The number of benzene rings is 2. The first-order chi connectivity index (χ1) is 9.13. The Morgan fingerprint density at radius 3 is 2.32 bits per heavy atom. The molecule has 2 aromatic carbocycles.